The number of nitrogens with one attached hydrogen (secondary N) is 1. The molecule has 10 heteroatoms. The molecule has 2 N–H and O–H groups in total. The number of ether oxygens (including phenoxy) is 5. The third-order valence-corrected chi connectivity index (χ3v) is 5.58. The summed E-state index contributed by atoms with van der Waals surface area (Å²) >= 11 is 6.47. The van der Waals surface area contributed by atoms with Crippen molar-refractivity contribution in [2.45, 2.75) is 24.4 Å². The number of aromatic amines is 1. The van der Waals surface area contributed by atoms with Crippen LogP contribution in [0, 0.1) is 0 Å². The first-order valence-electron chi connectivity index (χ1n) is 9.20. The largest absolute Gasteiger partial charge is 0.456 e. The first-order valence-corrected chi connectivity index (χ1v) is 9.58. The van der Waals surface area contributed by atoms with E-state index in [9.17, 15) is 5.11 Å². The van der Waals surface area contributed by atoms with Crippen molar-refractivity contribution in [1.82, 2.24) is 15.0 Å². The van der Waals surface area contributed by atoms with E-state index in [2.05, 4.69) is 15.0 Å². The van der Waals surface area contributed by atoms with Crippen molar-refractivity contribution in [2.75, 3.05) is 20.0 Å². The molecule has 2 saturated heterocycles. The molecule has 2 fully saturated rings. The summed E-state index contributed by atoms with van der Waals surface area (Å²) in [5, 5.41) is 10.3. The molecular weight excluding hydrogens is 402 g/mol. The number of benzene rings is 1. The molecule has 5 heterocycles. The van der Waals surface area contributed by atoms with Gasteiger partial charge in [-0.3, -0.25) is 0 Å². The number of aliphatic hydroxyl groups is 1. The van der Waals surface area contributed by atoms with Crippen molar-refractivity contribution in [2.24, 2.45) is 0 Å². The Balaban J connectivity index is 1.30. The molecule has 150 valence electrons. The standard InChI is InChI=1S/C19H16ClN3O6/c20-9-4-10-18(22-15(9)8-1-2-12-13(3-8)28-7-27-12)23-19(21-10)29-14-6-26-16-11(24)5-25-17(14)16/h1-4,11,14,16-17,24H,5-7H2,(H,21,22,23)/t11-,14-,16?,17-/m1/s1. The first-order chi connectivity index (χ1) is 14.2. The number of halogens is 1. The van der Waals surface area contributed by atoms with Gasteiger partial charge in [-0.1, -0.05) is 11.6 Å². The maximum absolute atomic E-state index is 9.85. The van der Waals surface area contributed by atoms with E-state index in [-0.39, 0.29) is 31.7 Å². The summed E-state index contributed by atoms with van der Waals surface area (Å²) in [6.45, 7) is 0.762. The summed E-state index contributed by atoms with van der Waals surface area (Å²) in [7, 11) is 0. The molecule has 1 unspecified atom stereocenters. The predicted molar refractivity (Wildman–Crippen MR) is 100 cm³/mol. The molecule has 0 aliphatic carbocycles. The number of fused-ring (bicyclic) bond motifs is 3. The number of rotatable bonds is 3. The molecule has 0 spiro atoms. The van der Waals surface area contributed by atoms with Crippen LogP contribution in [0.1, 0.15) is 0 Å². The Hall–Kier alpha value is -2.59. The van der Waals surface area contributed by atoms with Gasteiger partial charge in [0.2, 0.25) is 6.79 Å². The Labute approximate surface area is 169 Å². The van der Waals surface area contributed by atoms with Crippen molar-refractivity contribution in [1.29, 1.82) is 0 Å². The molecule has 4 atom stereocenters. The Morgan fingerprint density at radius 1 is 1.07 bits per heavy atom. The van der Waals surface area contributed by atoms with Gasteiger partial charge in [-0.2, -0.15) is 4.98 Å². The Morgan fingerprint density at radius 2 is 1.93 bits per heavy atom. The minimum Gasteiger partial charge on any atom is -0.456 e. The van der Waals surface area contributed by atoms with E-state index in [1.807, 2.05) is 18.2 Å². The van der Waals surface area contributed by atoms with Crippen LogP contribution < -0.4 is 14.2 Å². The highest BCUT2D eigenvalue weighted by Crippen LogP contribution is 2.38. The van der Waals surface area contributed by atoms with Gasteiger partial charge in [0.15, 0.2) is 23.3 Å². The number of hydrogen-bond donors (Lipinski definition) is 2. The molecule has 9 nitrogen and oxygen atoms in total. The molecule has 0 bridgehead atoms. The van der Waals surface area contributed by atoms with Crippen LogP contribution in [0.25, 0.3) is 22.4 Å². The fourth-order valence-corrected chi connectivity index (χ4v) is 4.15. The fraction of sp³-hybridized carbons (Fsp3) is 0.368. The van der Waals surface area contributed by atoms with Crippen molar-refractivity contribution in [3.05, 3.63) is 29.3 Å². The number of pyridine rings is 1. The zero-order valence-corrected chi connectivity index (χ0v) is 15.8. The molecule has 0 saturated carbocycles. The van der Waals surface area contributed by atoms with E-state index in [4.69, 9.17) is 35.3 Å². The lowest BCUT2D eigenvalue weighted by Gasteiger charge is -2.15. The first kappa shape index (κ1) is 17.3. The van der Waals surface area contributed by atoms with Gasteiger partial charge in [0, 0.05) is 5.56 Å². The number of nitrogens with zero attached hydrogens (tertiary/aromatic N) is 2. The summed E-state index contributed by atoms with van der Waals surface area (Å²) in [6.07, 6.45) is -1.68. The number of hydrogen-bond acceptors (Lipinski definition) is 8. The van der Waals surface area contributed by atoms with Crippen LogP contribution in [-0.2, 0) is 9.47 Å². The van der Waals surface area contributed by atoms with Crippen LogP contribution in [0.5, 0.6) is 17.5 Å². The van der Waals surface area contributed by atoms with Gasteiger partial charge >= 0.3 is 0 Å². The van der Waals surface area contributed by atoms with Gasteiger partial charge in [0.25, 0.3) is 6.01 Å². The average molecular weight is 418 g/mol. The lowest BCUT2D eigenvalue weighted by molar-refractivity contribution is 0.00706. The Kier molecular flexibility index (Phi) is 3.85. The van der Waals surface area contributed by atoms with Crippen LogP contribution in [0.15, 0.2) is 24.3 Å². The summed E-state index contributed by atoms with van der Waals surface area (Å²) in [5.41, 5.74) is 2.51. The van der Waals surface area contributed by atoms with Crippen molar-refractivity contribution < 1.29 is 28.8 Å². The van der Waals surface area contributed by atoms with Gasteiger partial charge in [-0.05, 0) is 24.3 Å². The van der Waals surface area contributed by atoms with Crippen LogP contribution in [0.2, 0.25) is 5.02 Å². The van der Waals surface area contributed by atoms with E-state index in [0.717, 1.165) is 5.56 Å². The van der Waals surface area contributed by atoms with Gasteiger partial charge in [-0.25, -0.2) is 4.98 Å². The smallest absolute Gasteiger partial charge is 0.296 e. The highest BCUT2D eigenvalue weighted by Gasteiger charge is 2.48. The van der Waals surface area contributed by atoms with Gasteiger partial charge in [0.05, 0.1) is 29.4 Å². The second kappa shape index (κ2) is 6.46. The van der Waals surface area contributed by atoms with E-state index >= 15 is 0 Å². The number of aromatic nitrogens is 3. The Morgan fingerprint density at radius 3 is 2.86 bits per heavy atom. The van der Waals surface area contributed by atoms with Crippen LogP contribution in [-0.4, -0.2) is 64.5 Å². The minimum atomic E-state index is -0.631. The highest BCUT2D eigenvalue weighted by atomic mass is 35.5. The highest BCUT2D eigenvalue weighted by molar-refractivity contribution is 6.33. The minimum absolute atomic E-state index is 0.201. The normalized spacial score (nSPS) is 27.5. The number of imidazole rings is 1. The monoisotopic (exact) mass is 417 g/mol. The van der Waals surface area contributed by atoms with Gasteiger partial charge in [-0.15, -0.1) is 0 Å². The molecule has 3 aromatic rings. The van der Waals surface area contributed by atoms with Gasteiger partial charge in [0.1, 0.15) is 18.3 Å². The summed E-state index contributed by atoms with van der Waals surface area (Å²) in [6, 6.07) is 7.59. The zero-order valence-electron chi connectivity index (χ0n) is 15.0. The topological polar surface area (TPSA) is 108 Å². The third kappa shape index (κ3) is 2.81. The second-order valence-electron chi connectivity index (χ2n) is 7.12. The van der Waals surface area contributed by atoms with Crippen molar-refractivity contribution >= 4 is 22.8 Å². The quantitative estimate of drug-likeness (QED) is 0.665. The molecule has 2 aromatic heterocycles. The number of aliphatic hydroxyl groups excluding tert-OH is 1. The molecular formula is C19H16ClN3O6. The Bertz CT molecular complexity index is 1100. The number of H-pyrrole nitrogens is 1. The van der Waals surface area contributed by atoms with E-state index in [0.29, 0.717) is 46.0 Å². The molecule has 6 rings (SSSR count). The summed E-state index contributed by atoms with van der Waals surface area (Å²) in [5.74, 6) is 1.35. The fourth-order valence-electron chi connectivity index (χ4n) is 3.89. The van der Waals surface area contributed by atoms with Crippen molar-refractivity contribution in [3.8, 4) is 28.8 Å². The molecule has 1 aromatic carbocycles. The predicted octanol–water partition coefficient (Wildman–Crippen LogP) is 1.91. The maximum Gasteiger partial charge on any atom is 0.296 e. The average Bonchev–Trinajstić information content (AvgIpc) is 3.47. The molecule has 3 aliphatic rings. The summed E-state index contributed by atoms with van der Waals surface area (Å²) in [4.78, 5) is 12.1. The zero-order chi connectivity index (χ0) is 19.5. The lowest BCUT2D eigenvalue weighted by Crippen LogP contribution is -2.34. The van der Waals surface area contributed by atoms with E-state index < -0.39 is 6.10 Å². The molecule has 3 aliphatic heterocycles. The lowest BCUT2D eigenvalue weighted by atomic mass is 10.1. The summed E-state index contributed by atoms with van der Waals surface area (Å²) < 4.78 is 27.9. The molecule has 0 radical (unpaired) electrons. The maximum atomic E-state index is 9.85. The van der Waals surface area contributed by atoms with E-state index in [1.54, 1.807) is 6.07 Å². The SMILES string of the molecule is O[C@@H]1CO[C@H]2C1OC[C@H]2Oc1nc2nc(-c3ccc4c(c3)OCO4)c(Cl)cc2[nH]1. The second-order valence-corrected chi connectivity index (χ2v) is 7.53. The molecule has 0 amide bonds. The van der Waals surface area contributed by atoms with Crippen LogP contribution in [0.4, 0.5) is 0 Å². The van der Waals surface area contributed by atoms with E-state index in [1.165, 1.54) is 0 Å². The third-order valence-electron chi connectivity index (χ3n) is 5.30. The van der Waals surface area contributed by atoms with Crippen LogP contribution in [0.3, 0.4) is 0 Å². The van der Waals surface area contributed by atoms with Crippen LogP contribution >= 0.6 is 11.6 Å². The van der Waals surface area contributed by atoms with Crippen molar-refractivity contribution in [3.63, 3.8) is 0 Å². The van der Waals surface area contributed by atoms with Gasteiger partial charge < -0.3 is 33.8 Å². The molecule has 29 heavy (non-hydrogen) atoms.